The van der Waals surface area contributed by atoms with Crippen LogP contribution in [0.25, 0.3) is 0 Å². The lowest BCUT2D eigenvalue weighted by Gasteiger charge is -2.54. The number of methoxy groups -OCH3 is 1. The minimum atomic E-state index is 0.660. The van der Waals surface area contributed by atoms with Crippen molar-refractivity contribution >= 4 is 0 Å². The van der Waals surface area contributed by atoms with Crippen molar-refractivity contribution in [2.24, 2.45) is 11.8 Å². The first kappa shape index (κ1) is 16.8. The molecule has 0 aromatic heterocycles. The summed E-state index contributed by atoms with van der Waals surface area (Å²) in [6.07, 6.45) is 11.0. The molecule has 0 saturated carbocycles. The van der Waals surface area contributed by atoms with Gasteiger partial charge >= 0.3 is 0 Å². The van der Waals surface area contributed by atoms with Crippen LogP contribution < -0.4 is 4.74 Å². The van der Waals surface area contributed by atoms with E-state index in [9.17, 15) is 0 Å². The molecule has 3 saturated heterocycles. The van der Waals surface area contributed by atoms with Crippen LogP contribution in [0, 0.1) is 11.8 Å². The summed E-state index contributed by atoms with van der Waals surface area (Å²) in [6, 6.07) is 10.1. The molecule has 3 heteroatoms. The Balaban J connectivity index is 1.42. The van der Waals surface area contributed by atoms with Gasteiger partial charge in [0.2, 0.25) is 0 Å². The van der Waals surface area contributed by atoms with Crippen LogP contribution in [0.4, 0.5) is 0 Å². The van der Waals surface area contributed by atoms with Gasteiger partial charge in [-0.15, -0.1) is 0 Å². The Kier molecular flexibility index (Phi) is 4.54. The highest BCUT2D eigenvalue weighted by Gasteiger charge is 2.45. The lowest BCUT2D eigenvalue weighted by atomic mass is 9.68. The molecule has 1 aromatic rings. The molecule has 0 N–H and O–H groups in total. The van der Waals surface area contributed by atoms with E-state index in [2.05, 4.69) is 40.1 Å². The van der Waals surface area contributed by atoms with E-state index < -0.39 is 0 Å². The molecular weight excluding hydrogens is 320 g/mol. The minimum absolute atomic E-state index is 0.660. The van der Waals surface area contributed by atoms with E-state index >= 15 is 0 Å². The van der Waals surface area contributed by atoms with Gasteiger partial charge in [0.1, 0.15) is 5.75 Å². The van der Waals surface area contributed by atoms with E-state index in [1.54, 1.807) is 12.7 Å². The number of hydrogen-bond donors (Lipinski definition) is 0. The largest absolute Gasteiger partial charge is 0.496 e. The number of piperidine rings is 3. The van der Waals surface area contributed by atoms with Crippen molar-refractivity contribution in [2.45, 2.75) is 57.2 Å². The molecule has 1 aromatic carbocycles. The summed E-state index contributed by atoms with van der Waals surface area (Å²) >= 11 is 0. The average Bonchev–Trinajstić information content (AvgIpc) is 2.68. The molecule has 0 amide bonds. The van der Waals surface area contributed by atoms with Crippen LogP contribution in [0.5, 0.6) is 5.75 Å². The van der Waals surface area contributed by atoms with Crippen LogP contribution in [0.3, 0.4) is 0 Å². The van der Waals surface area contributed by atoms with Crippen molar-refractivity contribution in [1.29, 1.82) is 0 Å². The van der Waals surface area contributed by atoms with Gasteiger partial charge in [0.25, 0.3) is 0 Å². The molecule has 0 spiro atoms. The number of hydrogen-bond acceptors (Lipinski definition) is 3. The number of likely N-dealkylation sites (tertiary alicyclic amines) is 1. The highest BCUT2D eigenvalue weighted by atomic mass is 16.5. The quantitative estimate of drug-likeness (QED) is 0.762. The molecule has 26 heavy (non-hydrogen) atoms. The van der Waals surface area contributed by atoms with Crippen molar-refractivity contribution < 1.29 is 4.74 Å². The topological polar surface area (TPSA) is 15.7 Å². The average molecular weight is 353 g/mol. The van der Waals surface area contributed by atoms with Gasteiger partial charge in [-0.05, 0) is 63.1 Å². The summed E-state index contributed by atoms with van der Waals surface area (Å²) in [7, 11) is 1.79. The molecular formula is C23H32N2O. The lowest BCUT2D eigenvalue weighted by molar-refractivity contribution is -0.00277. The van der Waals surface area contributed by atoms with Gasteiger partial charge in [-0.1, -0.05) is 36.3 Å². The van der Waals surface area contributed by atoms with Crippen LogP contribution in [0.2, 0.25) is 0 Å². The summed E-state index contributed by atoms with van der Waals surface area (Å²) in [5, 5.41) is 0. The highest BCUT2D eigenvalue weighted by molar-refractivity contribution is 5.34. The summed E-state index contributed by atoms with van der Waals surface area (Å²) in [5.74, 6) is 2.69. The van der Waals surface area contributed by atoms with Gasteiger partial charge in [0.15, 0.2) is 0 Å². The maximum atomic E-state index is 5.63. The SMILES string of the molecule is COc1ccccc1CN1CCCC2=C[C@H]3C[C@H](CN4CCCC[C@H]34)[C@@H]21. The molecule has 2 bridgehead atoms. The second kappa shape index (κ2) is 7.01. The molecule has 0 radical (unpaired) electrons. The fraction of sp³-hybridized carbons (Fsp3) is 0.652. The molecule has 4 aliphatic rings. The normalized spacial score (nSPS) is 34.6. The Morgan fingerprint density at radius 1 is 1.12 bits per heavy atom. The van der Waals surface area contributed by atoms with Crippen molar-refractivity contribution in [3.05, 3.63) is 41.5 Å². The van der Waals surface area contributed by atoms with Crippen molar-refractivity contribution in [3.8, 4) is 5.75 Å². The zero-order valence-electron chi connectivity index (χ0n) is 16.1. The Morgan fingerprint density at radius 2 is 2.04 bits per heavy atom. The summed E-state index contributed by atoms with van der Waals surface area (Å²) in [5.41, 5.74) is 3.10. The first-order valence-electron chi connectivity index (χ1n) is 10.6. The number of nitrogens with zero attached hydrogens (tertiary/aromatic N) is 2. The van der Waals surface area contributed by atoms with Crippen LogP contribution in [-0.2, 0) is 6.54 Å². The maximum absolute atomic E-state index is 5.63. The van der Waals surface area contributed by atoms with Crippen LogP contribution in [0.15, 0.2) is 35.9 Å². The molecule has 5 rings (SSSR count). The molecule has 140 valence electrons. The van der Waals surface area contributed by atoms with Gasteiger partial charge in [-0.2, -0.15) is 0 Å². The van der Waals surface area contributed by atoms with Gasteiger partial charge in [0.05, 0.1) is 7.11 Å². The van der Waals surface area contributed by atoms with E-state index in [1.165, 1.54) is 63.7 Å². The molecule has 0 unspecified atom stereocenters. The second-order valence-corrected chi connectivity index (χ2v) is 8.79. The zero-order valence-corrected chi connectivity index (χ0v) is 16.1. The Labute approximate surface area is 158 Å². The Hall–Kier alpha value is -1.32. The number of para-hydroxylation sites is 1. The van der Waals surface area contributed by atoms with E-state index in [0.717, 1.165) is 30.2 Å². The van der Waals surface area contributed by atoms with Crippen LogP contribution in [-0.4, -0.2) is 48.6 Å². The lowest BCUT2D eigenvalue weighted by Crippen LogP contribution is -2.58. The molecule has 3 heterocycles. The van der Waals surface area contributed by atoms with Crippen molar-refractivity contribution in [1.82, 2.24) is 9.80 Å². The fourth-order valence-corrected chi connectivity index (χ4v) is 6.31. The molecule has 3 aliphatic heterocycles. The summed E-state index contributed by atoms with van der Waals surface area (Å²) in [6.45, 7) is 4.91. The fourth-order valence-electron chi connectivity index (χ4n) is 6.31. The predicted molar refractivity (Wildman–Crippen MR) is 105 cm³/mol. The van der Waals surface area contributed by atoms with Gasteiger partial charge in [0, 0.05) is 30.7 Å². The third-order valence-electron chi connectivity index (χ3n) is 7.33. The number of ether oxygens (including phenoxy) is 1. The number of fused-ring (bicyclic) bond motifs is 6. The monoisotopic (exact) mass is 352 g/mol. The Bertz CT molecular complexity index is 685. The number of benzene rings is 1. The van der Waals surface area contributed by atoms with E-state index in [-0.39, 0.29) is 0 Å². The standard InChI is InChI=1S/C23H32N2O/c1-26-22-10-3-2-7-18(22)15-25-12-6-8-17-13-19-14-20(23(17)25)16-24-11-5-4-9-21(19)24/h2-3,7,10,13,19-21,23H,4-6,8-9,11-12,14-16H2,1H3/t19-,20+,21+,23+/m0/s1. The van der Waals surface area contributed by atoms with Crippen LogP contribution >= 0.6 is 0 Å². The van der Waals surface area contributed by atoms with Crippen LogP contribution in [0.1, 0.15) is 44.1 Å². The van der Waals surface area contributed by atoms with Crippen molar-refractivity contribution in [2.75, 3.05) is 26.7 Å². The van der Waals surface area contributed by atoms with Gasteiger partial charge in [-0.25, -0.2) is 0 Å². The molecule has 1 aliphatic carbocycles. The first-order valence-corrected chi connectivity index (χ1v) is 10.6. The second-order valence-electron chi connectivity index (χ2n) is 8.79. The summed E-state index contributed by atoms with van der Waals surface area (Å²) < 4.78 is 5.63. The third kappa shape index (κ3) is 2.90. The van der Waals surface area contributed by atoms with E-state index in [0.29, 0.717) is 6.04 Å². The smallest absolute Gasteiger partial charge is 0.123 e. The number of rotatable bonds is 3. The van der Waals surface area contributed by atoms with Gasteiger partial charge < -0.3 is 4.74 Å². The van der Waals surface area contributed by atoms with Gasteiger partial charge in [-0.3, -0.25) is 9.80 Å². The molecule has 4 atom stereocenters. The molecule has 3 fully saturated rings. The highest BCUT2D eigenvalue weighted by Crippen LogP contribution is 2.45. The Morgan fingerprint density at radius 3 is 2.96 bits per heavy atom. The summed E-state index contributed by atoms with van der Waals surface area (Å²) in [4.78, 5) is 5.60. The zero-order chi connectivity index (χ0) is 17.5. The first-order chi connectivity index (χ1) is 12.8. The van der Waals surface area contributed by atoms with Crippen molar-refractivity contribution in [3.63, 3.8) is 0 Å². The van der Waals surface area contributed by atoms with E-state index in [1.807, 2.05) is 0 Å². The van der Waals surface area contributed by atoms with E-state index in [4.69, 9.17) is 4.74 Å². The minimum Gasteiger partial charge on any atom is -0.496 e. The maximum Gasteiger partial charge on any atom is 0.123 e. The predicted octanol–water partition coefficient (Wildman–Crippen LogP) is 4.09. The molecule has 3 nitrogen and oxygen atoms in total. The third-order valence-corrected chi connectivity index (χ3v) is 7.33.